The molecule has 9 heteroatoms. The Morgan fingerprint density at radius 1 is 1.52 bits per heavy atom. The zero-order chi connectivity index (χ0) is 15.6. The Kier molecular flexibility index (Phi) is 3.92. The molecular formula is C12H13F3N4O2. The Labute approximate surface area is 117 Å². The monoisotopic (exact) mass is 302 g/mol. The van der Waals surface area contributed by atoms with Crippen LogP contribution in [0.1, 0.15) is 16.2 Å². The summed E-state index contributed by atoms with van der Waals surface area (Å²) in [5.74, 6) is -0.616. The number of nitrogens with zero attached hydrogens (tertiary/aromatic N) is 3. The van der Waals surface area contributed by atoms with Crippen LogP contribution in [0.25, 0.3) is 0 Å². The van der Waals surface area contributed by atoms with Crippen molar-refractivity contribution in [2.75, 3.05) is 12.3 Å². The molecule has 0 aromatic carbocycles. The van der Waals surface area contributed by atoms with E-state index in [2.05, 4.69) is 5.10 Å². The molecule has 2 aromatic heterocycles. The molecule has 0 saturated heterocycles. The number of rotatable bonds is 4. The lowest BCUT2D eigenvalue weighted by molar-refractivity contribution is -0.142. The number of alkyl halides is 3. The van der Waals surface area contributed by atoms with E-state index in [9.17, 15) is 18.0 Å². The number of carbonyl (C=O) groups excluding carboxylic acids is 1. The summed E-state index contributed by atoms with van der Waals surface area (Å²) in [6.07, 6.45) is -1.99. The maximum atomic E-state index is 12.7. The molecule has 0 saturated carbocycles. The molecule has 6 nitrogen and oxygen atoms in total. The van der Waals surface area contributed by atoms with Crippen LogP contribution in [-0.4, -0.2) is 33.3 Å². The number of aromatic nitrogens is 2. The summed E-state index contributed by atoms with van der Waals surface area (Å²) in [6.45, 7) is -1.72. The van der Waals surface area contributed by atoms with Gasteiger partial charge in [0.1, 0.15) is 18.0 Å². The number of carbonyl (C=O) groups is 1. The number of hydrogen-bond acceptors (Lipinski definition) is 4. The molecule has 1 amide bonds. The second-order valence-corrected chi connectivity index (χ2v) is 4.43. The number of halogens is 3. The van der Waals surface area contributed by atoms with Crippen molar-refractivity contribution in [2.45, 2.75) is 12.7 Å². The molecule has 0 atom stereocenters. The Hall–Kier alpha value is -2.45. The van der Waals surface area contributed by atoms with E-state index in [4.69, 9.17) is 10.2 Å². The van der Waals surface area contributed by atoms with Crippen molar-refractivity contribution in [2.24, 2.45) is 7.05 Å². The fourth-order valence-electron chi connectivity index (χ4n) is 1.87. The van der Waals surface area contributed by atoms with E-state index >= 15 is 0 Å². The molecule has 0 aliphatic rings. The van der Waals surface area contributed by atoms with E-state index < -0.39 is 18.6 Å². The van der Waals surface area contributed by atoms with Crippen LogP contribution in [0, 0.1) is 0 Å². The van der Waals surface area contributed by atoms with Gasteiger partial charge in [-0.05, 0) is 12.1 Å². The highest BCUT2D eigenvalue weighted by atomic mass is 19.4. The summed E-state index contributed by atoms with van der Waals surface area (Å²) < 4.78 is 44.1. The first kappa shape index (κ1) is 14.9. The Morgan fingerprint density at radius 3 is 2.71 bits per heavy atom. The highest BCUT2D eigenvalue weighted by molar-refractivity contribution is 5.97. The van der Waals surface area contributed by atoms with Gasteiger partial charge in [0.05, 0.1) is 24.7 Å². The van der Waals surface area contributed by atoms with E-state index in [-0.39, 0.29) is 23.7 Å². The van der Waals surface area contributed by atoms with Crippen LogP contribution in [-0.2, 0) is 13.6 Å². The normalized spacial score (nSPS) is 11.6. The van der Waals surface area contributed by atoms with Gasteiger partial charge in [-0.3, -0.25) is 9.48 Å². The minimum atomic E-state index is -4.53. The number of nitrogens with two attached hydrogens (primary N) is 1. The van der Waals surface area contributed by atoms with E-state index in [1.54, 1.807) is 0 Å². The molecule has 114 valence electrons. The van der Waals surface area contributed by atoms with Gasteiger partial charge in [-0.2, -0.15) is 18.3 Å². The van der Waals surface area contributed by atoms with Crippen molar-refractivity contribution < 1.29 is 22.4 Å². The minimum absolute atomic E-state index is 0.0223. The lowest BCUT2D eigenvalue weighted by atomic mass is 10.3. The van der Waals surface area contributed by atoms with Crippen molar-refractivity contribution in [3.05, 3.63) is 36.0 Å². The zero-order valence-electron chi connectivity index (χ0n) is 11.1. The van der Waals surface area contributed by atoms with Gasteiger partial charge in [0.25, 0.3) is 5.91 Å². The fraction of sp³-hybridized carbons (Fsp3) is 0.333. The Bertz CT molecular complexity index is 599. The molecular weight excluding hydrogens is 289 g/mol. The highest BCUT2D eigenvalue weighted by Crippen LogP contribution is 2.21. The maximum Gasteiger partial charge on any atom is 0.406 e. The van der Waals surface area contributed by atoms with Gasteiger partial charge >= 0.3 is 6.18 Å². The first-order chi connectivity index (χ1) is 9.78. The molecule has 0 spiro atoms. The average molecular weight is 302 g/mol. The maximum absolute atomic E-state index is 12.7. The van der Waals surface area contributed by atoms with Crippen molar-refractivity contribution >= 4 is 11.6 Å². The van der Waals surface area contributed by atoms with Crippen LogP contribution in [0.4, 0.5) is 18.9 Å². The molecule has 2 rings (SSSR count). The van der Waals surface area contributed by atoms with Crippen LogP contribution < -0.4 is 5.73 Å². The standard InChI is InChI=1S/C12H13F3N4O2/c1-18-10(9(16)5-17-18)11(20)19(7-12(13,14)15)6-8-3-2-4-21-8/h2-5H,6-7,16H2,1H3. The smallest absolute Gasteiger partial charge is 0.406 e. The predicted octanol–water partition coefficient (Wildman–Crippen LogP) is 1.80. The minimum Gasteiger partial charge on any atom is -0.467 e. The predicted molar refractivity (Wildman–Crippen MR) is 67.1 cm³/mol. The zero-order valence-corrected chi connectivity index (χ0v) is 11.1. The van der Waals surface area contributed by atoms with Crippen molar-refractivity contribution in [1.29, 1.82) is 0 Å². The number of furan rings is 1. The van der Waals surface area contributed by atoms with Crippen LogP contribution in [0.2, 0.25) is 0 Å². The van der Waals surface area contributed by atoms with Gasteiger partial charge < -0.3 is 15.1 Å². The quantitative estimate of drug-likeness (QED) is 0.934. The fourth-order valence-corrected chi connectivity index (χ4v) is 1.87. The summed E-state index contributed by atoms with van der Waals surface area (Å²) in [6, 6.07) is 3.02. The van der Waals surface area contributed by atoms with Gasteiger partial charge in [-0.15, -0.1) is 0 Å². The molecule has 0 radical (unpaired) electrons. The average Bonchev–Trinajstić information content (AvgIpc) is 2.97. The first-order valence-electron chi connectivity index (χ1n) is 5.94. The van der Waals surface area contributed by atoms with Crippen LogP contribution in [0.3, 0.4) is 0 Å². The van der Waals surface area contributed by atoms with Gasteiger partial charge in [0.2, 0.25) is 0 Å². The highest BCUT2D eigenvalue weighted by Gasteiger charge is 2.35. The summed E-state index contributed by atoms with van der Waals surface area (Å²) in [4.78, 5) is 12.9. The second kappa shape index (κ2) is 5.51. The second-order valence-electron chi connectivity index (χ2n) is 4.43. The molecule has 0 aliphatic carbocycles. The molecule has 2 N–H and O–H groups in total. The number of amides is 1. The summed E-state index contributed by atoms with van der Waals surface area (Å²) in [7, 11) is 1.43. The third kappa shape index (κ3) is 3.56. The molecule has 0 bridgehead atoms. The van der Waals surface area contributed by atoms with Gasteiger partial charge in [-0.1, -0.05) is 0 Å². The van der Waals surface area contributed by atoms with Crippen molar-refractivity contribution in [1.82, 2.24) is 14.7 Å². The van der Waals surface area contributed by atoms with E-state index in [0.29, 0.717) is 4.90 Å². The molecule has 0 fully saturated rings. The molecule has 21 heavy (non-hydrogen) atoms. The third-order valence-electron chi connectivity index (χ3n) is 2.75. The molecule has 2 aromatic rings. The Balaban J connectivity index is 2.28. The van der Waals surface area contributed by atoms with Crippen LogP contribution >= 0.6 is 0 Å². The van der Waals surface area contributed by atoms with E-state index in [1.807, 2.05) is 0 Å². The van der Waals surface area contributed by atoms with Crippen LogP contribution in [0.15, 0.2) is 29.0 Å². The lowest BCUT2D eigenvalue weighted by Crippen LogP contribution is -2.39. The SMILES string of the molecule is Cn1ncc(N)c1C(=O)N(Cc1ccco1)CC(F)(F)F. The number of aryl methyl sites for hydroxylation is 1. The Morgan fingerprint density at radius 2 is 2.24 bits per heavy atom. The largest absolute Gasteiger partial charge is 0.467 e. The summed E-state index contributed by atoms with van der Waals surface area (Å²) >= 11 is 0. The van der Waals surface area contributed by atoms with E-state index in [1.165, 1.54) is 31.6 Å². The van der Waals surface area contributed by atoms with Crippen molar-refractivity contribution in [3.8, 4) is 0 Å². The van der Waals surface area contributed by atoms with Crippen LogP contribution in [0.5, 0.6) is 0 Å². The van der Waals surface area contributed by atoms with Gasteiger partial charge in [-0.25, -0.2) is 0 Å². The van der Waals surface area contributed by atoms with Crippen molar-refractivity contribution in [3.63, 3.8) is 0 Å². The topological polar surface area (TPSA) is 77.3 Å². The summed E-state index contributed by atoms with van der Waals surface area (Å²) in [5, 5.41) is 3.75. The van der Waals surface area contributed by atoms with E-state index in [0.717, 1.165) is 4.68 Å². The molecule has 2 heterocycles. The third-order valence-corrected chi connectivity index (χ3v) is 2.75. The first-order valence-corrected chi connectivity index (χ1v) is 5.94. The number of anilines is 1. The molecule has 0 aliphatic heterocycles. The number of hydrogen-bond donors (Lipinski definition) is 1. The lowest BCUT2D eigenvalue weighted by Gasteiger charge is -2.23. The van der Waals surface area contributed by atoms with Gasteiger partial charge in [0, 0.05) is 7.05 Å². The van der Waals surface area contributed by atoms with Gasteiger partial charge in [0.15, 0.2) is 0 Å². The molecule has 0 unspecified atom stereocenters. The summed E-state index contributed by atoms with van der Waals surface area (Å²) in [5.41, 5.74) is 5.51. The number of nitrogen functional groups attached to an aromatic ring is 1.